The second-order valence-corrected chi connectivity index (χ2v) is 10.4. The molecule has 1 aliphatic heterocycles. The fourth-order valence-electron chi connectivity index (χ4n) is 4.98. The number of hydrogen-bond acceptors (Lipinski definition) is 5. The summed E-state index contributed by atoms with van der Waals surface area (Å²) in [6.45, 7) is 5.49. The van der Waals surface area contributed by atoms with E-state index in [-0.39, 0.29) is 5.91 Å². The fraction of sp³-hybridized carbons (Fsp3) is 0.480. The minimum Gasteiger partial charge on any atom is -0.352 e. The average molecular weight is 433 g/mol. The fourth-order valence-corrected chi connectivity index (χ4v) is 6.36. The summed E-state index contributed by atoms with van der Waals surface area (Å²) in [5.74, 6) is 3.60. The van der Waals surface area contributed by atoms with E-state index in [2.05, 4.69) is 11.8 Å². The van der Waals surface area contributed by atoms with E-state index in [4.69, 9.17) is 9.97 Å². The van der Waals surface area contributed by atoms with Gasteiger partial charge in [-0.25, -0.2) is 9.97 Å². The smallest absolute Gasteiger partial charge is 0.253 e. The zero-order chi connectivity index (χ0) is 20.9. The summed E-state index contributed by atoms with van der Waals surface area (Å²) in [6.07, 6.45) is 6.00. The molecule has 1 unspecified atom stereocenters. The van der Waals surface area contributed by atoms with Gasteiger partial charge in [0.15, 0.2) is 0 Å². The van der Waals surface area contributed by atoms with Gasteiger partial charge in [-0.05, 0) is 55.7 Å². The third-order valence-electron chi connectivity index (χ3n) is 6.98. The van der Waals surface area contributed by atoms with Crippen LogP contribution in [0.15, 0.2) is 30.3 Å². The minimum atomic E-state index is 0.133. The lowest BCUT2D eigenvalue weighted by molar-refractivity contribution is 0.0746. The maximum atomic E-state index is 12.9. The number of benzene rings is 1. The maximum Gasteiger partial charge on any atom is 0.253 e. The van der Waals surface area contributed by atoms with Crippen LogP contribution in [-0.2, 0) is 12.8 Å². The van der Waals surface area contributed by atoms with Crippen molar-refractivity contribution in [2.45, 2.75) is 44.9 Å². The Hall–Kier alpha value is -2.47. The predicted molar refractivity (Wildman–Crippen MR) is 125 cm³/mol. The Kier molecular flexibility index (Phi) is 4.71. The molecule has 0 bridgehead atoms. The van der Waals surface area contributed by atoms with E-state index >= 15 is 0 Å². The van der Waals surface area contributed by atoms with Crippen LogP contribution in [-0.4, -0.2) is 47.0 Å². The van der Waals surface area contributed by atoms with E-state index in [1.54, 1.807) is 0 Å². The number of piperazine rings is 1. The lowest BCUT2D eigenvalue weighted by Crippen LogP contribution is -2.49. The normalized spacial score (nSPS) is 21.4. The van der Waals surface area contributed by atoms with Crippen molar-refractivity contribution in [1.29, 1.82) is 0 Å². The Morgan fingerprint density at radius 3 is 2.55 bits per heavy atom. The highest BCUT2D eigenvalue weighted by Gasteiger charge is 2.32. The van der Waals surface area contributed by atoms with Crippen LogP contribution in [0.1, 0.15) is 58.7 Å². The van der Waals surface area contributed by atoms with E-state index in [9.17, 15) is 4.79 Å². The van der Waals surface area contributed by atoms with Crippen molar-refractivity contribution in [1.82, 2.24) is 14.9 Å². The third-order valence-corrected chi connectivity index (χ3v) is 8.13. The molecule has 1 amide bonds. The van der Waals surface area contributed by atoms with Gasteiger partial charge in [0.25, 0.3) is 5.91 Å². The van der Waals surface area contributed by atoms with Crippen molar-refractivity contribution in [2.75, 3.05) is 31.1 Å². The molecule has 6 heteroatoms. The van der Waals surface area contributed by atoms with Crippen molar-refractivity contribution >= 4 is 33.3 Å². The van der Waals surface area contributed by atoms with Crippen LogP contribution in [0.3, 0.4) is 0 Å². The van der Waals surface area contributed by atoms with Crippen LogP contribution in [0, 0.1) is 5.92 Å². The second-order valence-electron chi connectivity index (χ2n) is 9.36. The molecule has 2 fully saturated rings. The molecule has 3 aliphatic rings. The first-order chi connectivity index (χ1) is 15.2. The van der Waals surface area contributed by atoms with Gasteiger partial charge in [-0.3, -0.25) is 4.79 Å². The first-order valence-corrected chi connectivity index (χ1v) is 12.4. The average Bonchev–Trinajstić information content (AvgIpc) is 3.59. The van der Waals surface area contributed by atoms with Crippen molar-refractivity contribution in [3.05, 3.63) is 52.2 Å². The maximum absolute atomic E-state index is 12.9. The molecule has 5 nitrogen and oxygen atoms in total. The molecule has 2 aromatic heterocycles. The lowest BCUT2D eigenvalue weighted by atomic mass is 9.89. The molecule has 1 saturated heterocycles. The molecule has 3 aromatic rings. The number of aryl methyl sites for hydroxylation is 1. The van der Waals surface area contributed by atoms with Crippen LogP contribution in [0.2, 0.25) is 0 Å². The number of fused-ring (bicyclic) bond motifs is 3. The number of thiophene rings is 1. The topological polar surface area (TPSA) is 49.3 Å². The van der Waals surface area contributed by atoms with Crippen LogP contribution in [0.25, 0.3) is 10.2 Å². The Bertz CT molecular complexity index is 1130. The van der Waals surface area contributed by atoms with Gasteiger partial charge in [0, 0.05) is 42.5 Å². The highest BCUT2D eigenvalue weighted by atomic mass is 32.1. The number of aromatic nitrogens is 2. The molecule has 160 valence electrons. The lowest BCUT2D eigenvalue weighted by Gasteiger charge is -2.36. The van der Waals surface area contributed by atoms with E-state index in [1.165, 1.54) is 46.3 Å². The molecule has 1 aromatic carbocycles. The Balaban J connectivity index is 1.31. The first kappa shape index (κ1) is 19.2. The number of amides is 1. The molecule has 0 radical (unpaired) electrons. The number of rotatable bonds is 3. The van der Waals surface area contributed by atoms with E-state index in [1.807, 2.05) is 46.6 Å². The van der Waals surface area contributed by atoms with Gasteiger partial charge >= 0.3 is 0 Å². The Morgan fingerprint density at radius 1 is 1.03 bits per heavy atom. The molecule has 3 heterocycles. The van der Waals surface area contributed by atoms with Gasteiger partial charge < -0.3 is 9.80 Å². The van der Waals surface area contributed by atoms with Gasteiger partial charge in [0.05, 0.1) is 5.39 Å². The Labute approximate surface area is 187 Å². The van der Waals surface area contributed by atoms with Crippen LogP contribution in [0.4, 0.5) is 5.82 Å². The van der Waals surface area contributed by atoms with Gasteiger partial charge in [0.2, 0.25) is 0 Å². The molecular formula is C25H28N4OS. The van der Waals surface area contributed by atoms with E-state index in [0.717, 1.165) is 55.7 Å². The molecule has 1 saturated carbocycles. The number of carbonyl (C=O) groups excluding carboxylic acids is 1. The monoisotopic (exact) mass is 432 g/mol. The quantitative estimate of drug-likeness (QED) is 0.604. The zero-order valence-electron chi connectivity index (χ0n) is 18.0. The molecule has 1 atom stereocenters. The largest absolute Gasteiger partial charge is 0.352 e. The van der Waals surface area contributed by atoms with Crippen molar-refractivity contribution < 1.29 is 4.79 Å². The standard InChI is InChI=1S/C25H28N4OS/c1-16-7-10-19-20(15-16)31-24-21(19)23(26-22(27-24)17-8-9-17)28-11-13-29(14-12-28)25(30)18-5-3-2-4-6-18/h2-6,16-17H,7-15H2,1H3. The summed E-state index contributed by atoms with van der Waals surface area (Å²) in [7, 11) is 0. The summed E-state index contributed by atoms with van der Waals surface area (Å²) < 4.78 is 0. The van der Waals surface area contributed by atoms with Gasteiger partial charge in [0.1, 0.15) is 16.5 Å². The molecule has 0 N–H and O–H groups in total. The van der Waals surface area contributed by atoms with Gasteiger partial charge in [-0.15, -0.1) is 11.3 Å². The molecule has 2 aliphatic carbocycles. The third kappa shape index (κ3) is 3.51. The van der Waals surface area contributed by atoms with Crippen molar-refractivity contribution in [2.24, 2.45) is 5.92 Å². The molecule has 31 heavy (non-hydrogen) atoms. The minimum absolute atomic E-state index is 0.133. The number of nitrogens with zero attached hydrogens (tertiary/aromatic N) is 4. The summed E-state index contributed by atoms with van der Waals surface area (Å²) in [5.41, 5.74) is 2.27. The predicted octanol–water partition coefficient (Wildman–Crippen LogP) is 4.66. The summed E-state index contributed by atoms with van der Waals surface area (Å²) >= 11 is 1.90. The Morgan fingerprint density at radius 2 is 1.81 bits per heavy atom. The van der Waals surface area contributed by atoms with Crippen molar-refractivity contribution in [3.63, 3.8) is 0 Å². The summed E-state index contributed by atoms with van der Waals surface area (Å²) in [6, 6.07) is 9.63. The number of carbonyl (C=O) groups is 1. The van der Waals surface area contributed by atoms with Crippen LogP contribution < -0.4 is 4.90 Å². The summed E-state index contributed by atoms with van der Waals surface area (Å²) in [4.78, 5) is 30.1. The van der Waals surface area contributed by atoms with E-state index < -0.39 is 0 Å². The van der Waals surface area contributed by atoms with Gasteiger partial charge in [-0.1, -0.05) is 25.1 Å². The van der Waals surface area contributed by atoms with Crippen molar-refractivity contribution in [3.8, 4) is 0 Å². The molecular weight excluding hydrogens is 404 g/mol. The molecule has 6 rings (SSSR count). The van der Waals surface area contributed by atoms with Gasteiger partial charge in [-0.2, -0.15) is 0 Å². The highest BCUT2D eigenvalue weighted by molar-refractivity contribution is 7.19. The zero-order valence-corrected chi connectivity index (χ0v) is 18.8. The van der Waals surface area contributed by atoms with Crippen LogP contribution in [0.5, 0.6) is 0 Å². The SMILES string of the molecule is CC1CCc2c(sc3nc(C4CC4)nc(N4CCN(C(=O)c5ccccc5)CC4)c23)C1. The second kappa shape index (κ2) is 7.59. The summed E-state index contributed by atoms with van der Waals surface area (Å²) in [5, 5.41) is 1.30. The first-order valence-electron chi connectivity index (χ1n) is 11.6. The molecule has 0 spiro atoms. The van der Waals surface area contributed by atoms with Crippen LogP contribution >= 0.6 is 11.3 Å². The number of hydrogen-bond donors (Lipinski definition) is 0. The highest BCUT2D eigenvalue weighted by Crippen LogP contribution is 2.44. The van der Waals surface area contributed by atoms with E-state index in [0.29, 0.717) is 5.92 Å². The number of anilines is 1.